The van der Waals surface area contributed by atoms with Crippen LogP contribution in [0.2, 0.25) is 10.0 Å². The van der Waals surface area contributed by atoms with Gasteiger partial charge < -0.3 is 16.4 Å². The Bertz CT molecular complexity index is 1030. The summed E-state index contributed by atoms with van der Waals surface area (Å²) in [7, 11) is 0. The Hall–Kier alpha value is -2.61. The van der Waals surface area contributed by atoms with Crippen molar-refractivity contribution in [1.29, 1.82) is 0 Å². The highest BCUT2D eigenvalue weighted by Crippen LogP contribution is 2.30. The summed E-state index contributed by atoms with van der Waals surface area (Å²) < 4.78 is 0. The second-order valence-corrected chi connectivity index (χ2v) is 7.12. The van der Waals surface area contributed by atoms with E-state index in [0.717, 1.165) is 11.1 Å². The van der Waals surface area contributed by atoms with Crippen molar-refractivity contribution in [3.8, 4) is 0 Å². The fraction of sp³-hybridized carbons (Fsp3) is 0.211. The topological polar surface area (TPSA) is 113 Å². The Morgan fingerprint density at radius 3 is 2.61 bits per heavy atom. The van der Waals surface area contributed by atoms with E-state index in [1.54, 1.807) is 36.4 Å². The zero-order chi connectivity index (χ0) is 20.3. The molecule has 1 atom stereocenters. The SMILES string of the molecule is CC(=O)Nc1n[nH]c2ccc(NC(=O)C(CCN)c3ccc(Cl)c(Cl)c3)cc12. The zero-order valence-corrected chi connectivity index (χ0v) is 16.6. The number of nitrogens with one attached hydrogen (secondary N) is 3. The Labute approximate surface area is 171 Å². The van der Waals surface area contributed by atoms with E-state index in [2.05, 4.69) is 20.8 Å². The van der Waals surface area contributed by atoms with Gasteiger partial charge in [-0.2, -0.15) is 5.10 Å². The molecular weight excluding hydrogens is 401 g/mol. The largest absolute Gasteiger partial charge is 0.330 e. The van der Waals surface area contributed by atoms with Crippen LogP contribution in [0.15, 0.2) is 36.4 Å². The molecule has 0 aliphatic rings. The molecule has 28 heavy (non-hydrogen) atoms. The maximum atomic E-state index is 12.9. The number of fused-ring (bicyclic) bond motifs is 1. The van der Waals surface area contributed by atoms with E-state index in [1.807, 2.05) is 0 Å². The average molecular weight is 420 g/mol. The van der Waals surface area contributed by atoms with E-state index in [4.69, 9.17) is 28.9 Å². The van der Waals surface area contributed by atoms with Crippen LogP contribution in [0.25, 0.3) is 10.9 Å². The number of carbonyl (C=O) groups excluding carboxylic acids is 2. The van der Waals surface area contributed by atoms with Gasteiger partial charge in [-0.3, -0.25) is 14.7 Å². The van der Waals surface area contributed by atoms with Crippen molar-refractivity contribution in [2.45, 2.75) is 19.3 Å². The second-order valence-electron chi connectivity index (χ2n) is 6.31. The molecular formula is C19H19Cl2N5O2. The summed E-state index contributed by atoms with van der Waals surface area (Å²) in [5.41, 5.74) is 7.75. The maximum Gasteiger partial charge on any atom is 0.231 e. The minimum Gasteiger partial charge on any atom is -0.330 e. The smallest absolute Gasteiger partial charge is 0.231 e. The van der Waals surface area contributed by atoms with E-state index >= 15 is 0 Å². The highest BCUT2D eigenvalue weighted by molar-refractivity contribution is 6.42. The number of aromatic amines is 1. The van der Waals surface area contributed by atoms with Crippen molar-refractivity contribution < 1.29 is 9.59 Å². The third kappa shape index (κ3) is 4.44. The lowest BCUT2D eigenvalue weighted by Gasteiger charge is -2.17. The van der Waals surface area contributed by atoms with Crippen LogP contribution in [0.5, 0.6) is 0 Å². The van der Waals surface area contributed by atoms with Crippen LogP contribution < -0.4 is 16.4 Å². The number of nitrogens with two attached hydrogens (primary N) is 1. The van der Waals surface area contributed by atoms with Gasteiger partial charge >= 0.3 is 0 Å². The summed E-state index contributed by atoms with van der Waals surface area (Å²) in [6, 6.07) is 10.4. The normalized spacial score (nSPS) is 12.0. The number of nitrogens with zero attached hydrogens (tertiary/aromatic N) is 1. The monoisotopic (exact) mass is 419 g/mol. The van der Waals surface area contributed by atoms with E-state index < -0.39 is 5.92 Å². The minimum absolute atomic E-state index is 0.215. The molecule has 0 saturated carbocycles. The maximum absolute atomic E-state index is 12.9. The summed E-state index contributed by atoms with van der Waals surface area (Å²) in [4.78, 5) is 24.2. The Morgan fingerprint density at radius 2 is 1.93 bits per heavy atom. The molecule has 2 aromatic carbocycles. The van der Waals surface area contributed by atoms with Gasteiger partial charge in [0.25, 0.3) is 0 Å². The van der Waals surface area contributed by atoms with Crippen LogP contribution >= 0.6 is 23.2 Å². The molecule has 0 aliphatic heterocycles. The predicted octanol–water partition coefficient (Wildman–Crippen LogP) is 3.90. The molecule has 0 spiro atoms. The van der Waals surface area contributed by atoms with E-state index in [9.17, 15) is 9.59 Å². The molecule has 0 bridgehead atoms. The number of H-pyrrole nitrogens is 1. The second kappa shape index (κ2) is 8.60. The van der Waals surface area contributed by atoms with Gasteiger partial charge in [-0.15, -0.1) is 0 Å². The molecule has 0 aliphatic carbocycles. The number of aromatic nitrogens is 2. The first-order valence-corrected chi connectivity index (χ1v) is 9.36. The van der Waals surface area contributed by atoms with Crippen molar-refractivity contribution in [2.24, 2.45) is 5.73 Å². The third-order valence-electron chi connectivity index (χ3n) is 4.24. The van der Waals surface area contributed by atoms with Crippen LogP contribution in [-0.2, 0) is 9.59 Å². The molecule has 1 unspecified atom stereocenters. The lowest BCUT2D eigenvalue weighted by Crippen LogP contribution is -2.23. The molecule has 2 amide bonds. The Balaban J connectivity index is 1.86. The first-order chi connectivity index (χ1) is 13.4. The van der Waals surface area contributed by atoms with Crippen molar-refractivity contribution in [3.05, 3.63) is 52.0 Å². The standard InChI is InChI=1S/C19H19Cl2N5O2/c1-10(27)23-18-14-9-12(3-5-17(14)25-26-18)24-19(28)13(6-7-22)11-2-4-15(20)16(21)8-11/h2-5,8-9,13H,6-7,22H2,1H3,(H,24,28)(H2,23,25,26,27). The van der Waals surface area contributed by atoms with Gasteiger partial charge in [0.2, 0.25) is 11.8 Å². The number of rotatable bonds is 6. The quantitative estimate of drug-likeness (QED) is 0.484. The van der Waals surface area contributed by atoms with E-state index in [-0.39, 0.29) is 11.8 Å². The highest BCUT2D eigenvalue weighted by atomic mass is 35.5. The lowest BCUT2D eigenvalue weighted by molar-refractivity contribution is -0.117. The minimum atomic E-state index is -0.477. The fourth-order valence-corrected chi connectivity index (χ4v) is 3.23. The molecule has 1 heterocycles. The number of carbonyl (C=O) groups is 2. The number of hydrogen-bond donors (Lipinski definition) is 4. The Morgan fingerprint density at radius 1 is 1.14 bits per heavy atom. The van der Waals surface area contributed by atoms with E-state index in [1.165, 1.54) is 6.92 Å². The number of hydrogen-bond acceptors (Lipinski definition) is 4. The van der Waals surface area contributed by atoms with Gasteiger partial charge in [-0.1, -0.05) is 29.3 Å². The fourth-order valence-electron chi connectivity index (χ4n) is 2.93. The van der Waals surface area contributed by atoms with Gasteiger partial charge in [-0.25, -0.2) is 0 Å². The van der Waals surface area contributed by atoms with Crippen molar-refractivity contribution in [2.75, 3.05) is 17.2 Å². The van der Waals surface area contributed by atoms with Crippen LogP contribution in [-0.4, -0.2) is 28.6 Å². The van der Waals surface area contributed by atoms with Crippen LogP contribution in [0.1, 0.15) is 24.8 Å². The van der Waals surface area contributed by atoms with Crippen LogP contribution in [0, 0.1) is 0 Å². The lowest BCUT2D eigenvalue weighted by atomic mass is 9.94. The van der Waals surface area contributed by atoms with Gasteiger partial charge in [0.05, 0.1) is 21.5 Å². The summed E-state index contributed by atoms with van der Waals surface area (Å²) in [6.07, 6.45) is 0.453. The molecule has 1 aromatic heterocycles. The van der Waals surface area contributed by atoms with Crippen LogP contribution in [0.3, 0.4) is 0 Å². The van der Waals surface area contributed by atoms with Gasteiger partial charge in [0.1, 0.15) is 0 Å². The molecule has 0 fully saturated rings. The number of benzene rings is 2. The van der Waals surface area contributed by atoms with Gasteiger partial charge in [0, 0.05) is 18.0 Å². The van der Waals surface area contributed by atoms with E-state index in [0.29, 0.717) is 39.9 Å². The summed E-state index contributed by atoms with van der Waals surface area (Å²) in [5.74, 6) is -0.519. The first kappa shape index (κ1) is 20.1. The van der Waals surface area contributed by atoms with Gasteiger partial charge in [0.15, 0.2) is 5.82 Å². The Kier molecular flexibility index (Phi) is 6.18. The van der Waals surface area contributed by atoms with Crippen LogP contribution in [0.4, 0.5) is 11.5 Å². The average Bonchev–Trinajstić information content (AvgIpc) is 3.03. The third-order valence-corrected chi connectivity index (χ3v) is 4.98. The number of amides is 2. The zero-order valence-electron chi connectivity index (χ0n) is 15.1. The first-order valence-electron chi connectivity index (χ1n) is 8.60. The van der Waals surface area contributed by atoms with Crippen molar-refractivity contribution in [1.82, 2.24) is 10.2 Å². The number of anilines is 2. The number of halogens is 2. The molecule has 3 rings (SSSR count). The summed E-state index contributed by atoms with van der Waals surface area (Å²) in [6.45, 7) is 1.74. The van der Waals surface area contributed by atoms with Crippen molar-refractivity contribution in [3.63, 3.8) is 0 Å². The summed E-state index contributed by atoms with van der Waals surface area (Å²) >= 11 is 12.1. The molecule has 9 heteroatoms. The molecule has 5 N–H and O–H groups in total. The predicted molar refractivity (Wildman–Crippen MR) is 112 cm³/mol. The summed E-state index contributed by atoms with van der Waals surface area (Å²) in [5, 5.41) is 14.0. The molecule has 146 valence electrons. The van der Waals surface area contributed by atoms with Crippen molar-refractivity contribution >= 4 is 57.4 Å². The molecule has 3 aromatic rings. The van der Waals surface area contributed by atoms with Gasteiger partial charge in [-0.05, 0) is 48.9 Å². The highest BCUT2D eigenvalue weighted by Gasteiger charge is 2.21. The molecule has 0 radical (unpaired) electrons. The molecule has 0 saturated heterocycles. The molecule has 7 nitrogen and oxygen atoms in total.